The van der Waals surface area contributed by atoms with Crippen LogP contribution in [0.1, 0.15) is 35.9 Å². The van der Waals surface area contributed by atoms with E-state index in [1.165, 1.54) is 19.1 Å². The van der Waals surface area contributed by atoms with Crippen LogP contribution in [0.4, 0.5) is 8.78 Å². The predicted molar refractivity (Wildman–Crippen MR) is 95.5 cm³/mol. The van der Waals surface area contributed by atoms with E-state index in [2.05, 4.69) is 20.9 Å². The molecule has 130 valence electrons. The van der Waals surface area contributed by atoms with Crippen molar-refractivity contribution in [3.63, 3.8) is 0 Å². The SMILES string of the molecule is CC(O)(c1cccc(Br)c1C(F)F)c1nccn1Cc1ccccc1. The molecule has 1 atom stereocenters. The van der Waals surface area contributed by atoms with Crippen LogP contribution in [-0.4, -0.2) is 14.7 Å². The number of imidazole rings is 1. The van der Waals surface area contributed by atoms with E-state index in [9.17, 15) is 13.9 Å². The van der Waals surface area contributed by atoms with E-state index < -0.39 is 12.0 Å². The maximum Gasteiger partial charge on any atom is 0.265 e. The first-order valence-corrected chi connectivity index (χ1v) is 8.55. The van der Waals surface area contributed by atoms with Gasteiger partial charge >= 0.3 is 0 Å². The average Bonchev–Trinajstić information content (AvgIpc) is 3.04. The van der Waals surface area contributed by atoms with Gasteiger partial charge in [0.25, 0.3) is 6.43 Å². The fourth-order valence-electron chi connectivity index (χ4n) is 2.95. The Bertz CT molecular complexity index is 863. The van der Waals surface area contributed by atoms with E-state index in [4.69, 9.17) is 0 Å². The molecule has 2 aromatic carbocycles. The first-order valence-electron chi connectivity index (χ1n) is 7.76. The van der Waals surface area contributed by atoms with E-state index in [1.807, 2.05) is 30.3 Å². The molecule has 1 aromatic heterocycles. The van der Waals surface area contributed by atoms with Gasteiger partial charge < -0.3 is 9.67 Å². The molecule has 1 unspecified atom stereocenters. The largest absolute Gasteiger partial charge is 0.377 e. The lowest BCUT2D eigenvalue weighted by atomic mass is 9.90. The van der Waals surface area contributed by atoms with Crippen molar-refractivity contribution in [2.45, 2.75) is 25.5 Å². The second-order valence-corrected chi connectivity index (χ2v) is 6.79. The van der Waals surface area contributed by atoms with Gasteiger partial charge in [0.05, 0.1) is 0 Å². The lowest BCUT2D eigenvalue weighted by molar-refractivity contribution is 0.0789. The van der Waals surface area contributed by atoms with Crippen molar-refractivity contribution >= 4 is 15.9 Å². The summed E-state index contributed by atoms with van der Waals surface area (Å²) in [6.07, 6.45) is 0.582. The highest BCUT2D eigenvalue weighted by Crippen LogP contribution is 2.38. The van der Waals surface area contributed by atoms with Crippen molar-refractivity contribution in [2.75, 3.05) is 0 Å². The van der Waals surface area contributed by atoms with Crippen LogP contribution >= 0.6 is 15.9 Å². The van der Waals surface area contributed by atoms with Crippen LogP contribution in [0.3, 0.4) is 0 Å². The van der Waals surface area contributed by atoms with Crippen molar-refractivity contribution < 1.29 is 13.9 Å². The third-order valence-corrected chi connectivity index (χ3v) is 4.83. The number of hydrogen-bond acceptors (Lipinski definition) is 2. The Morgan fingerprint density at radius 1 is 1.16 bits per heavy atom. The lowest BCUT2D eigenvalue weighted by Crippen LogP contribution is -2.29. The molecule has 6 heteroatoms. The number of benzene rings is 2. The Morgan fingerprint density at radius 3 is 2.56 bits per heavy atom. The zero-order valence-electron chi connectivity index (χ0n) is 13.5. The fraction of sp³-hybridized carbons (Fsp3) is 0.211. The average molecular weight is 407 g/mol. The van der Waals surface area contributed by atoms with Gasteiger partial charge in [-0.2, -0.15) is 0 Å². The number of halogens is 3. The minimum atomic E-state index is -2.71. The molecule has 0 bridgehead atoms. The van der Waals surface area contributed by atoms with Crippen LogP contribution in [0.15, 0.2) is 65.4 Å². The van der Waals surface area contributed by atoms with Gasteiger partial charge in [0.1, 0.15) is 11.4 Å². The quantitative estimate of drug-likeness (QED) is 0.654. The third kappa shape index (κ3) is 3.50. The molecule has 0 amide bonds. The molecule has 0 aliphatic rings. The first-order chi connectivity index (χ1) is 11.9. The summed E-state index contributed by atoms with van der Waals surface area (Å²) < 4.78 is 29.1. The summed E-state index contributed by atoms with van der Waals surface area (Å²) in [5.74, 6) is 0.316. The molecular weight excluding hydrogens is 390 g/mol. The van der Waals surface area contributed by atoms with Gasteiger partial charge in [0.2, 0.25) is 0 Å². The Labute approximate surface area is 153 Å². The van der Waals surface area contributed by atoms with Gasteiger partial charge in [-0.25, -0.2) is 13.8 Å². The molecule has 0 aliphatic heterocycles. The van der Waals surface area contributed by atoms with Gasteiger partial charge in [0, 0.05) is 34.5 Å². The molecular formula is C19H17BrF2N2O. The number of rotatable bonds is 5. The van der Waals surface area contributed by atoms with Gasteiger partial charge in [-0.3, -0.25) is 0 Å². The van der Waals surface area contributed by atoms with Crippen molar-refractivity contribution in [2.24, 2.45) is 0 Å². The molecule has 1 heterocycles. The van der Waals surface area contributed by atoms with Crippen LogP contribution < -0.4 is 0 Å². The summed E-state index contributed by atoms with van der Waals surface area (Å²) in [6.45, 7) is 1.98. The number of nitrogens with zero attached hydrogens (tertiary/aromatic N) is 2. The van der Waals surface area contributed by atoms with Gasteiger partial charge in [-0.05, 0) is 18.6 Å². The maximum absolute atomic E-state index is 13.5. The summed E-state index contributed by atoms with van der Waals surface area (Å²) in [7, 11) is 0. The van der Waals surface area contributed by atoms with Crippen molar-refractivity contribution in [3.8, 4) is 0 Å². The van der Waals surface area contributed by atoms with Crippen molar-refractivity contribution in [1.82, 2.24) is 9.55 Å². The number of alkyl halides is 2. The first kappa shape index (κ1) is 17.8. The van der Waals surface area contributed by atoms with E-state index in [0.717, 1.165) is 5.56 Å². The fourth-order valence-corrected chi connectivity index (χ4v) is 3.49. The highest BCUT2D eigenvalue weighted by atomic mass is 79.9. The van der Waals surface area contributed by atoms with Crippen molar-refractivity contribution in [3.05, 3.63) is 87.9 Å². The molecule has 3 aromatic rings. The lowest BCUT2D eigenvalue weighted by Gasteiger charge is -2.27. The predicted octanol–water partition coefficient (Wildman–Crippen LogP) is 4.89. The normalized spacial score (nSPS) is 13.8. The number of aliphatic hydroxyl groups is 1. The minimum Gasteiger partial charge on any atom is -0.377 e. The van der Waals surface area contributed by atoms with Crippen LogP contribution in [-0.2, 0) is 12.1 Å². The van der Waals surface area contributed by atoms with Gasteiger partial charge in [0.15, 0.2) is 0 Å². The standard InChI is InChI=1S/C19H17BrF2N2O/c1-19(25,14-8-5-9-15(20)16(14)17(21)22)18-23-10-11-24(18)12-13-6-3-2-4-7-13/h2-11,17,25H,12H2,1H3. The zero-order chi connectivity index (χ0) is 18.0. The Hall–Kier alpha value is -2.05. The van der Waals surface area contributed by atoms with Crippen LogP contribution in [0.25, 0.3) is 0 Å². The molecule has 3 rings (SSSR count). The van der Waals surface area contributed by atoms with E-state index in [1.54, 1.807) is 23.0 Å². The molecule has 0 aliphatic carbocycles. The highest BCUT2D eigenvalue weighted by molar-refractivity contribution is 9.10. The summed E-state index contributed by atoms with van der Waals surface area (Å²) in [5.41, 5.74) is -0.714. The number of hydrogen-bond donors (Lipinski definition) is 1. The maximum atomic E-state index is 13.5. The summed E-state index contributed by atoms with van der Waals surface area (Å²) >= 11 is 3.16. The topological polar surface area (TPSA) is 38.1 Å². The van der Waals surface area contributed by atoms with Crippen LogP contribution in [0, 0.1) is 0 Å². The molecule has 0 saturated heterocycles. The van der Waals surface area contributed by atoms with Crippen LogP contribution in [0.2, 0.25) is 0 Å². The van der Waals surface area contributed by atoms with Crippen LogP contribution in [0.5, 0.6) is 0 Å². The number of aromatic nitrogens is 2. The Morgan fingerprint density at radius 2 is 1.88 bits per heavy atom. The van der Waals surface area contributed by atoms with E-state index in [0.29, 0.717) is 12.4 Å². The minimum absolute atomic E-state index is 0.136. The third-order valence-electron chi connectivity index (χ3n) is 4.14. The molecule has 0 fully saturated rings. The van der Waals surface area contributed by atoms with Gasteiger partial charge in [-0.1, -0.05) is 58.4 Å². The molecule has 25 heavy (non-hydrogen) atoms. The Balaban J connectivity index is 2.05. The second kappa shape index (κ2) is 7.06. The molecule has 3 nitrogen and oxygen atoms in total. The monoisotopic (exact) mass is 406 g/mol. The molecule has 0 spiro atoms. The molecule has 0 radical (unpaired) electrons. The summed E-state index contributed by atoms with van der Waals surface area (Å²) in [4.78, 5) is 4.24. The zero-order valence-corrected chi connectivity index (χ0v) is 15.1. The van der Waals surface area contributed by atoms with Crippen molar-refractivity contribution in [1.29, 1.82) is 0 Å². The second-order valence-electron chi connectivity index (χ2n) is 5.94. The smallest absolute Gasteiger partial charge is 0.265 e. The van der Waals surface area contributed by atoms with Gasteiger partial charge in [-0.15, -0.1) is 0 Å². The highest BCUT2D eigenvalue weighted by Gasteiger charge is 2.35. The van der Waals surface area contributed by atoms with E-state index in [-0.39, 0.29) is 15.6 Å². The summed E-state index contributed by atoms with van der Waals surface area (Å²) in [6, 6.07) is 14.4. The Kier molecular flexibility index (Phi) is 5.01. The molecule has 1 N–H and O–H groups in total. The van der Waals surface area contributed by atoms with E-state index >= 15 is 0 Å². The summed E-state index contributed by atoms with van der Waals surface area (Å²) in [5, 5.41) is 11.1. The molecule has 0 saturated carbocycles.